The van der Waals surface area contributed by atoms with E-state index >= 15 is 0 Å². The van der Waals surface area contributed by atoms with Crippen molar-refractivity contribution in [1.82, 2.24) is 10.2 Å². The van der Waals surface area contributed by atoms with E-state index in [4.69, 9.17) is 0 Å². The molecule has 0 fully saturated rings. The monoisotopic (exact) mass is 408 g/mol. The fraction of sp³-hybridized carbons (Fsp3) is 0.417. The predicted molar refractivity (Wildman–Crippen MR) is 122 cm³/mol. The molecule has 2 N–H and O–H groups in total. The van der Waals surface area contributed by atoms with Gasteiger partial charge in [-0.15, -0.1) is 0 Å². The molecule has 0 aliphatic carbocycles. The highest BCUT2D eigenvalue weighted by atomic mass is 16.2. The number of nitrogens with zero attached hydrogens (tertiary/aromatic N) is 2. The molecule has 30 heavy (non-hydrogen) atoms. The predicted octanol–water partition coefficient (Wildman–Crippen LogP) is 3.15. The zero-order valence-electron chi connectivity index (χ0n) is 18.1. The van der Waals surface area contributed by atoms with Gasteiger partial charge in [0.15, 0.2) is 0 Å². The summed E-state index contributed by atoms with van der Waals surface area (Å²) in [5.41, 5.74) is 3.45. The van der Waals surface area contributed by atoms with Crippen molar-refractivity contribution in [3.63, 3.8) is 0 Å². The maximum absolute atomic E-state index is 12.9. The Morgan fingerprint density at radius 1 is 1.17 bits per heavy atom. The number of carbonyl (C=O) groups excluding carboxylic acids is 2. The Hall–Kier alpha value is -2.86. The quantitative estimate of drug-likeness (QED) is 0.704. The zero-order chi connectivity index (χ0) is 21.5. The van der Waals surface area contributed by atoms with E-state index in [-0.39, 0.29) is 17.9 Å². The second kappa shape index (κ2) is 10.3. The molecule has 0 radical (unpaired) electrons. The number of anilines is 2. The van der Waals surface area contributed by atoms with Crippen molar-refractivity contribution < 1.29 is 9.59 Å². The van der Waals surface area contributed by atoms with Crippen LogP contribution in [-0.2, 0) is 11.2 Å². The minimum absolute atomic E-state index is 0.0254. The Morgan fingerprint density at radius 3 is 2.60 bits per heavy atom. The number of rotatable bonds is 8. The number of hydrogen-bond acceptors (Lipinski definition) is 4. The summed E-state index contributed by atoms with van der Waals surface area (Å²) in [6.07, 6.45) is 1.32. The van der Waals surface area contributed by atoms with E-state index in [1.807, 2.05) is 42.3 Å². The highest BCUT2D eigenvalue weighted by Gasteiger charge is 2.20. The largest absolute Gasteiger partial charge is 0.372 e. The van der Waals surface area contributed by atoms with Gasteiger partial charge in [0, 0.05) is 38.2 Å². The SMILES string of the molecule is CCN(CC)C(CNC(=O)c1ccc2c(c1)NC(=O)CCN2C)Cc1ccccc1. The van der Waals surface area contributed by atoms with E-state index in [2.05, 4.69) is 41.5 Å². The Kier molecular flexibility index (Phi) is 7.46. The van der Waals surface area contributed by atoms with Crippen LogP contribution < -0.4 is 15.5 Å². The summed E-state index contributed by atoms with van der Waals surface area (Å²) in [6, 6.07) is 16.1. The van der Waals surface area contributed by atoms with E-state index in [0.29, 0.717) is 30.8 Å². The molecule has 1 aliphatic heterocycles. The average molecular weight is 409 g/mol. The number of likely N-dealkylation sites (N-methyl/N-ethyl adjacent to an activating group) is 1. The van der Waals surface area contributed by atoms with Crippen LogP contribution in [0.4, 0.5) is 11.4 Å². The molecule has 6 nitrogen and oxygen atoms in total. The normalized spacial score (nSPS) is 14.7. The molecule has 2 aromatic rings. The Bertz CT molecular complexity index is 865. The molecule has 2 aromatic carbocycles. The smallest absolute Gasteiger partial charge is 0.251 e. The molecule has 3 rings (SSSR count). The van der Waals surface area contributed by atoms with Gasteiger partial charge in [0.05, 0.1) is 11.4 Å². The van der Waals surface area contributed by atoms with E-state index < -0.39 is 0 Å². The number of amides is 2. The van der Waals surface area contributed by atoms with Gasteiger partial charge in [-0.25, -0.2) is 0 Å². The molecule has 160 valence electrons. The lowest BCUT2D eigenvalue weighted by atomic mass is 10.0. The molecule has 1 aliphatic rings. The van der Waals surface area contributed by atoms with Crippen molar-refractivity contribution >= 4 is 23.2 Å². The van der Waals surface area contributed by atoms with Crippen molar-refractivity contribution in [1.29, 1.82) is 0 Å². The Morgan fingerprint density at radius 2 is 1.90 bits per heavy atom. The summed E-state index contributed by atoms with van der Waals surface area (Å²) in [4.78, 5) is 29.2. The molecule has 0 aromatic heterocycles. The van der Waals surface area contributed by atoms with Crippen LogP contribution in [-0.4, -0.2) is 56.0 Å². The third-order valence-corrected chi connectivity index (χ3v) is 5.76. The third kappa shape index (κ3) is 5.39. The lowest BCUT2D eigenvalue weighted by molar-refractivity contribution is -0.115. The molecule has 2 amide bonds. The van der Waals surface area contributed by atoms with Crippen LogP contribution in [0.25, 0.3) is 0 Å². The summed E-state index contributed by atoms with van der Waals surface area (Å²) < 4.78 is 0. The average Bonchev–Trinajstić information content (AvgIpc) is 2.90. The highest BCUT2D eigenvalue weighted by molar-refractivity contribution is 6.00. The van der Waals surface area contributed by atoms with Gasteiger partial charge in [0.25, 0.3) is 5.91 Å². The van der Waals surface area contributed by atoms with Crippen LogP contribution in [0, 0.1) is 0 Å². The molecule has 1 heterocycles. The maximum atomic E-state index is 12.9. The first-order chi connectivity index (χ1) is 14.5. The molecular formula is C24H32N4O2. The van der Waals surface area contributed by atoms with E-state index in [9.17, 15) is 9.59 Å². The maximum Gasteiger partial charge on any atom is 0.251 e. The van der Waals surface area contributed by atoms with Crippen molar-refractivity contribution in [3.05, 3.63) is 59.7 Å². The van der Waals surface area contributed by atoms with Gasteiger partial charge in [0.1, 0.15) is 0 Å². The molecule has 6 heteroatoms. The third-order valence-electron chi connectivity index (χ3n) is 5.76. The van der Waals surface area contributed by atoms with Crippen LogP contribution in [0.1, 0.15) is 36.2 Å². The molecule has 0 bridgehead atoms. The lowest BCUT2D eigenvalue weighted by Gasteiger charge is -2.30. The van der Waals surface area contributed by atoms with Crippen LogP contribution in [0.3, 0.4) is 0 Å². The highest BCUT2D eigenvalue weighted by Crippen LogP contribution is 2.28. The minimum Gasteiger partial charge on any atom is -0.372 e. The van der Waals surface area contributed by atoms with Gasteiger partial charge >= 0.3 is 0 Å². The van der Waals surface area contributed by atoms with Crippen molar-refractivity contribution in [2.75, 3.05) is 43.4 Å². The molecule has 1 atom stereocenters. The molecule has 0 spiro atoms. The van der Waals surface area contributed by atoms with Crippen molar-refractivity contribution in [2.45, 2.75) is 32.7 Å². The van der Waals surface area contributed by atoms with E-state index in [1.54, 1.807) is 6.07 Å². The summed E-state index contributed by atoms with van der Waals surface area (Å²) in [6.45, 7) is 7.39. The lowest BCUT2D eigenvalue weighted by Crippen LogP contribution is -2.45. The van der Waals surface area contributed by atoms with Crippen LogP contribution in [0.5, 0.6) is 0 Å². The van der Waals surface area contributed by atoms with Gasteiger partial charge in [-0.1, -0.05) is 44.2 Å². The van der Waals surface area contributed by atoms with Crippen molar-refractivity contribution in [2.24, 2.45) is 0 Å². The van der Waals surface area contributed by atoms with Crippen LogP contribution in [0.2, 0.25) is 0 Å². The Labute approximate surface area is 179 Å². The molecular weight excluding hydrogens is 376 g/mol. The van der Waals surface area contributed by atoms with Gasteiger partial charge in [-0.2, -0.15) is 0 Å². The van der Waals surface area contributed by atoms with Gasteiger partial charge in [-0.05, 0) is 43.3 Å². The zero-order valence-corrected chi connectivity index (χ0v) is 18.1. The molecule has 0 saturated heterocycles. The van der Waals surface area contributed by atoms with Gasteiger partial charge in [-0.3, -0.25) is 14.5 Å². The molecule has 1 unspecified atom stereocenters. The summed E-state index contributed by atoms with van der Waals surface area (Å²) in [5.74, 6) is -0.146. The minimum atomic E-state index is -0.121. The first-order valence-corrected chi connectivity index (χ1v) is 10.7. The number of fused-ring (bicyclic) bond motifs is 1. The first-order valence-electron chi connectivity index (χ1n) is 10.7. The summed E-state index contributed by atoms with van der Waals surface area (Å²) in [5, 5.41) is 6.02. The number of hydrogen-bond donors (Lipinski definition) is 2. The first kappa shape index (κ1) is 21.8. The second-order valence-electron chi connectivity index (χ2n) is 7.73. The van der Waals surface area contributed by atoms with Crippen molar-refractivity contribution in [3.8, 4) is 0 Å². The standard InChI is InChI=1S/C24H32N4O2/c1-4-28(5-2)20(15-18-9-7-6-8-10-18)17-25-24(30)19-11-12-22-21(16-19)26-23(29)13-14-27(22)3/h6-12,16,20H,4-5,13-15,17H2,1-3H3,(H,25,30)(H,26,29). The van der Waals surface area contributed by atoms with Gasteiger partial charge in [0.2, 0.25) is 5.91 Å². The van der Waals surface area contributed by atoms with Crippen LogP contribution >= 0.6 is 0 Å². The van der Waals surface area contributed by atoms with E-state index in [0.717, 1.165) is 25.2 Å². The Balaban J connectivity index is 1.71. The summed E-state index contributed by atoms with van der Waals surface area (Å²) in [7, 11) is 1.96. The van der Waals surface area contributed by atoms with E-state index in [1.165, 1.54) is 5.56 Å². The number of nitrogens with one attached hydrogen (secondary N) is 2. The van der Waals surface area contributed by atoms with Crippen LogP contribution in [0.15, 0.2) is 48.5 Å². The molecule has 0 saturated carbocycles. The van der Waals surface area contributed by atoms with Gasteiger partial charge < -0.3 is 15.5 Å². The number of carbonyl (C=O) groups is 2. The summed E-state index contributed by atoms with van der Waals surface area (Å²) >= 11 is 0. The topological polar surface area (TPSA) is 64.7 Å². The second-order valence-corrected chi connectivity index (χ2v) is 7.73. The fourth-order valence-electron chi connectivity index (χ4n) is 3.98. The fourth-order valence-corrected chi connectivity index (χ4v) is 3.98. The number of benzene rings is 2.